The molecule has 0 bridgehead atoms. The van der Waals surface area contributed by atoms with Gasteiger partial charge in [-0.3, -0.25) is 0 Å². The third kappa shape index (κ3) is 9.01. The van der Waals surface area contributed by atoms with Crippen LogP contribution in [0.5, 0.6) is 17.2 Å². The van der Waals surface area contributed by atoms with Gasteiger partial charge in [0.25, 0.3) is 10.0 Å². The molecule has 272 valence electrons. The fourth-order valence-electron chi connectivity index (χ4n) is 5.90. The number of methoxy groups -OCH3 is 2. The zero-order chi connectivity index (χ0) is 36.9. The van der Waals surface area contributed by atoms with Gasteiger partial charge in [0, 0.05) is 54.0 Å². The van der Waals surface area contributed by atoms with Crippen LogP contribution in [0.15, 0.2) is 83.9 Å². The summed E-state index contributed by atoms with van der Waals surface area (Å²) in [7, 11) is -1.83. The lowest BCUT2D eigenvalue weighted by molar-refractivity contribution is 0.0110. The Labute approximate surface area is 301 Å². The van der Waals surface area contributed by atoms with Gasteiger partial charge in [-0.2, -0.15) is 0 Å². The molecule has 0 radical (unpaired) electrons. The van der Waals surface area contributed by atoms with Crippen LogP contribution in [0.3, 0.4) is 0 Å². The van der Waals surface area contributed by atoms with E-state index in [0.717, 1.165) is 15.9 Å². The SMILES string of the molecule is COc1ccc(CN(c2ccccn2)S(=O)(=O)c2cc(F)c(OC[C@@H]3CN(C(=O)OC(C)(C)C)CCC3c3ccc(Cl)cc3)cc2F)c(OC)c1. The second-order valence-electron chi connectivity index (χ2n) is 13.0. The van der Waals surface area contributed by atoms with E-state index in [1.807, 2.05) is 12.1 Å². The molecule has 51 heavy (non-hydrogen) atoms. The maximum absolute atomic E-state index is 15.9. The maximum Gasteiger partial charge on any atom is 0.410 e. The first-order chi connectivity index (χ1) is 24.2. The number of carbonyl (C=O) groups excluding carboxylic acids is 1. The second-order valence-corrected chi connectivity index (χ2v) is 15.3. The maximum atomic E-state index is 15.9. The Kier molecular flexibility index (Phi) is 11.6. The van der Waals surface area contributed by atoms with Crippen molar-refractivity contribution in [1.29, 1.82) is 0 Å². The zero-order valence-corrected chi connectivity index (χ0v) is 30.5. The summed E-state index contributed by atoms with van der Waals surface area (Å²) >= 11 is 6.12. The van der Waals surface area contributed by atoms with Crippen LogP contribution in [-0.2, 0) is 21.3 Å². The van der Waals surface area contributed by atoms with Crippen molar-refractivity contribution in [2.45, 2.75) is 50.2 Å². The molecule has 1 unspecified atom stereocenters. The molecule has 4 aromatic rings. The Balaban J connectivity index is 1.42. The molecule has 14 heteroatoms. The van der Waals surface area contributed by atoms with Crippen molar-refractivity contribution in [3.8, 4) is 17.2 Å². The fourth-order valence-corrected chi connectivity index (χ4v) is 7.49. The molecule has 1 aliphatic heterocycles. The number of sulfonamides is 1. The minimum atomic E-state index is -4.73. The quantitative estimate of drug-likeness (QED) is 0.153. The highest BCUT2D eigenvalue weighted by Gasteiger charge is 2.36. The average molecular weight is 744 g/mol. The van der Waals surface area contributed by atoms with Gasteiger partial charge >= 0.3 is 6.09 Å². The highest BCUT2D eigenvalue weighted by molar-refractivity contribution is 7.92. The number of piperidine rings is 1. The molecular weight excluding hydrogens is 704 g/mol. The number of aromatic nitrogens is 1. The van der Waals surface area contributed by atoms with E-state index < -0.39 is 44.0 Å². The van der Waals surface area contributed by atoms with E-state index in [1.54, 1.807) is 68.1 Å². The molecule has 1 amide bonds. The number of nitrogens with zero attached hydrogens (tertiary/aromatic N) is 3. The van der Waals surface area contributed by atoms with Crippen LogP contribution >= 0.6 is 11.6 Å². The first-order valence-electron chi connectivity index (χ1n) is 16.2. The van der Waals surface area contributed by atoms with E-state index >= 15 is 8.78 Å². The molecule has 0 aliphatic carbocycles. The lowest BCUT2D eigenvalue weighted by Gasteiger charge is -2.39. The number of likely N-dealkylation sites (tertiary alicyclic amines) is 1. The van der Waals surface area contributed by atoms with Crippen LogP contribution in [0.2, 0.25) is 5.02 Å². The number of amides is 1. The molecule has 1 saturated heterocycles. The zero-order valence-electron chi connectivity index (χ0n) is 28.9. The lowest BCUT2D eigenvalue weighted by Crippen LogP contribution is -2.46. The van der Waals surface area contributed by atoms with Gasteiger partial charge in [0.1, 0.15) is 33.6 Å². The lowest BCUT2D eigenvalue weighted by atomic mass is 9.81. The summed E-state index contributed by atoms with van der Waals surface area (Å²) in [6.07, 6.45) is 1.47. The molecule has 5 rings (SSSR count). The third-order valence-corrected chi connectivity index (χ3v) is 10.4. The molecule has 1 aliphatic rings. The minimum Gasteiger partial charge on any atom is -0.497 e. The van der Waals surface area contributed by atoms with Crippen LogP contribution in [0.4, 0.5) is 19.4 Å². The monoisotopic (exact) mass is 743 g/mol. The van der Waals surface area contributed by atoms with Gasteiger partial charge < -0.3 is 23.8 Å². The predicted octanol–water partition coefficient (Wildman–Crippen LogP) is 7.85. The van der Waals surface area contributed by atoms with Crippen LogP contribution in [0.1, 0.15) is 44.2 Å². The Morgan fingerprint density at radius 2 is 1.73 bits per heavy atom. The van der Waals surface area contributed by atoms with Gasteiger partial charge in [-0.1, -0.05) is 29.8 Å². The van der Waals surface area contributed by atoms with Crippen molar-refractivity contribution >= 4 is 33.5 Å². The molecule has 0 saturated carbocycles. The summed E-state index contributed by atoms with van der Waals surface area (Å²) in [6, 6.07) is 18.1. The molecule has 2 heterocycles. The van der Waals surface area contributed by atoms with E-state index in [0.29, 0.717) is 41.1 Å². The first kappa shape index (κ1) is 37.6. The summed E-state index contributed by atoms with van der Waals surface area (Å²) < 4.78 is 82.8. The van der Waals surface area contributed by atoms with Gasteiger partial charge in [-0.15, -0.1) is 0 Å². The molecule has 0 spiro atoms. The number of hydrogen-bond acceptors (Lipinski definition) is 8. The summed E-state index contributed by atoms with van der Waals surface area (Å²) in [5, 5.41) is 0.565. The van der Waals surface area contributed by atoms with Gasteiger partial charge in [0.2, 0.25) is 0 Å². The van der Waals surface area contributed by atoms with Crippen molar-refractivity contribution in [3.05, 3.63) is 107 Å². The number of ether oxygens (including phenoxy) is 4. The number of halogens is 3. The molecule has 0 N–H and O–H groups in total. The normalized spacial score (nSPS) is 16.4. The third-order valence-electron chi connectivity index (χ3n) is 8.40. The summed E-state index contributed by atoms with van der Waals surface area (Å²) in [5.41, 5.74) is 0.677. The molecule has 1 fully saturated rings. The second kappa shape index (κ2) is 15.7. The standard InChI is InChI=1S/C37H40ClF2N3O7S/c1-37(2,3)50-36(44)42-17-15-29(24-9-12-27(38)13-10-24)26(21-42)23-49-33-19-31(40)34(20-30(33)39)51(45,46)43(35-8-6-7-16-41-35)22-25-11-14-28(47-4)18-32(25)48-5/h6-14,16,18-20,26,29H,15,17,21-23H2,1-5H3/t26-,29?/m0/s1. The highest BCUT2D eigenvalue weighted by Crippen LogP contribution is 2.37. The van der Waals surface area contributed by atoms with E-state index in [-0.39, 0.29) is 37.4 Å². The molecule has 1 aromatic heterocycles. The molecule has 10 nitrogen and oxygen atoms in total. The minimum absolute atomic E-state index is 0.0180. The first-order valence-corrected chi connectivity index (χ1v) is 18.0. The predicted molar refractivity (Wildman–Crippen MR) is 189 cm³/mol. The van der Waals surface area contributed by atoms with Crippen LogP contribution in [-0.4, -0.2) is 63.9 Å². The van der Waals surface area contributed by atoms with Crippen LogP contribution < -0.4 is 18.5 Å². The van der Waals surface area contributed by atoms with Crippen LogP contribution in [0.25, 0.3) is 0 Å². The highest BCUT2D eigenvalue weighted by atomic mass is 35.5. The fraction of sp³-hybridized carbons (Fsp3) is 0.351. The Morgan fingerprint density at radius 1 is 0.980 bits per heavy atom. The van der Waals surface area contributed by atoms with Crippen molar-refractivity contribution in [3.63, 3.8) is 0 Å². The largest absolute Gasteiger partial charge is 0.497 e. The average Bonchev–Trinajstić information content (AvgIpc) is 3.10. The van der Waals surface area contributed by atoms with Crippen molar-refractivity contribution in [2.24, 2.45) is 5.92 Å². The molecule has 3 aromatic carbocycles. The Morgan fingerprint density at radius 3 is 2.37 bits per heavy atom. The van der Waals surface area contributed by atoms with E-state index in [1.165, 1.54) is 26.5 Å². The topological polar surface area (TPSA) is 108 Å². The summed E-state index contributed by atoms with van der Waals surface area (Å²) in [5.74, 6) is -2.44. The van der Waals surface area contributed by atoms with E-state index in [2.05, 4.69) is 4.98 Å². The molecular formula is C37H40ClF2N3O7S. The smallest absolute Gasteiger partial charge is 0.410 e. The number of hydrogen-bond donors (Lipinski definition) is 0. The van der Waals surface area contributed by atoms with Gasteiger partial charge in [-0.05, 0) is 75.1 Å². The Bertz CT molecular complexity index is 1940. The summed E-state index contributed by atoms with van der Waals surface area (Å²) in [6.45, 7) is 5.56. The number of carbonyl (C=O) groups is 1. The van der Waals surface area contributed by atoms with Crippen molar-refractivity contribution in [1.82, 2.24) is 9.88 Å². The number of benzene rings is 3. The van der Waals surface area contributed by atoms with E-state index in [4.69, 9.17) is 30.5 Å². The van der Waals surface area contributed by atoms with E-state index in [9.17, 15) is 13.2 Å². The number of pyridine rings is 1. The number of rotatable bonds is 11. The van der Waals surface area contributed by atoms with Crippen LogP contribution in [0, 0.1) is 17.6 Å². The molecule has 2 atom stereocenters. The van der Waals surface area contributed by atoms with Crippen molar-refractivity contribution < 1.29 is 40.9 Å². The summed E-state index contributed by atoms with van der Waals surface area (Å²) in [4.78, 5) is 17.8. The van der Waals surface area contributed by atoms with Gasteiger partial charge in [0.05, 0.1) is 27.4 Å². The number of anilines is 1. The van der Waals surface area contributed by atoms with Gasteiger partial charge in [0.15, 0.2) is 11.6 Å². The van der Waals surface area contributed by atoms with Crippen molar-refractivity contribution in [2.75, 3.05) is 38.2 Å². The van der Waals surface area contributed by atoms with Gasteiger partial charge in [-0.25, -0.2) is 31.3 Å². The Hall–Kier alpha value is -4.62.